The van der Waals surface area contributed by atoms with Crippen molar-refractivity contribution in [1.29, 1.82) is 0 Å². The van der Waals surface area contributed by atoms with E-state index < -0.39 is 0 Å². The molecule has 1 aromatic heterocycles. The maximum atomic E-state index is 6.16. The first-order valence-electron chi connectivity index (χ1n) is 6.25. The Bertz CT molecular complexity index is 794. The normalized spacial score (nSPS) is 11.9. The summed E-state index contributed by atoms with van der Waals surface area (Å²) in [6.45, 7) is 1.88. The number of nitrogens with one attached hydrogen (secondary N) is 1. The number of benzene rings is 2. The number of anilines is 1. The summed E-state index contributed by atoms with van der Waals surface area (Å²) >= 11 is 13.6. The van der Waals surface area contributed by atoms with Crippen LogP contribution in [0.15, 0.2) is 47.6 Å². The van der Waals surface area contributed by atoms with Gasteiger partial charge in [-0.05, 0) is 31.2 Å². The Balaban J connectivity index is 1.84. The van der Waals surface area contributed by atoms with E-state index in [1.807, 2.05) is 37.3 Å². The molecule has 0 spiro atoms. The zero-order chi connectivity index (χ0) is 14.8. The second-order valence-corrected chi connectivity index (χ2v) is 6.29. The van der Waals surface area contributed by atoms with E-state index in [1.165, 1.54) is 0 Å². The summed E-state index contributed by atoms with van der Waals surface area (Å²) < 4.78 is 1.12. The molecule has 21 heavy (non-hydrogen) atoms. The molecule has 0 radical (unpaired) electrons. The molecule has 0 fully saturated rings. The Morgan fingerprint density at radius 1 is 1.19 bits per heavy atom. The number of para-hydroxylation sites is 1. The van der Waals surface area contributed by atoms with Crippen LogP contribution in [0.1, 0.15) is 12.5 Å². The van der Waals surface area contributed by atoms with Crippen LogP contribution in [0.4, 0.5) is 5.13 Å². The van der Waals surface area contributed by atoms with Crippen molar-refractivity contribution in [3.8, 4) is 0 Å². The minimum atomic E-state index is 0.579. The van der Waals surface area contributed by atoms with E-state index in [4.69, 9.17) is 23.2 Å². The number of nitrogens with zero attached hydrogens (tertiary/aromatic N) is 2. The minimum Gasteiger partial charge on any atom is -0.252 e. The standard InChI is InChI=1S/C15H11Cl2N3S/c1-9(11-7-6-10(16)8-12(11)17)19-20-15-18-13-4-2-3-5-14(13)21-15/h2-8H,1H3,(H,18,20)/b19-9+. The first kappa shape index (κ1) is 14.3. The van der Waals surface area contributed by atoms with Gasteiger partial charge >= 0.3 is 0 Å². The summed E-state index contributed by atoms with van der Waals surface area (Å²) in [7, 11) is 0. The molecule has 0 aliphatic rings. The van der Waals surface area contributed by atoms with Crippen molar-refractivity contribution in [2.24, 2.45) is 5.10 Å². The average molecular weight is 336 g/mol. The van der Waals surface area contributed by atoms with Crippen LogP contribution in [0.3, 0.4) is 0 Å². The van der Waals surface area contributed by atoms with Crippen LogP contribution in [0.5, 0.6) is 0 Å². The lowest BCUT2D eigenvalue weighted by Gasteiger charge is -2.04. The molecular weight excluding hydrogens is 325 g/mol. The van der Waals surface area contributed by atoms with Gasteiger partial charge in [0.05, 0.1) is 21.0 Å². The van der Waals surface area contributed by atoms with Crippen LogP contribution in [-0.4, -0.2) is 10.7 Å². The third-order valence-corrected chi connectivity index (χ3v) is 4.42. The van der Waals surface area contributed by atoms with Gasteiger partial charge in [0.1, 0.15) is 0 Å². The van der Waals surface area contributed by atoms with Crippen LogP contribution < -0.4 is 5.43 Å². The van der Waals surface area contributed by atoms with Gasteiger partial charge in [-0.3, -0.25) is 5.43 Å². The van der Waals surface area contributed by atoms with Crippen LogP contribution >= 0.6 is 34.5 Å². The van der Waals surface area contributed by atoms with Crippen molar-refractivity contribution in [3.05, 3.63) is 58.1 Å². The molecule has 2 aromatic carbocycles. The molecule has 3 nitrogen and oxygen atoms in total. The summed E-state index contributed by atoms with van der Waals surface area (Å²) in [5.41, 5.74) is 5.55. The van der Waals surface area contributed by atoms with Crippen molar-refractivity contribution in [3.63, 3.8) is 0 Å². The summed E-state index contributed by atoms with van der Waals surface area (Å²) in [5, 5.41) is 6.27. The number of hydrogen-bond donors (Lipinski definition) is 1. The van der Waals surface area contributed by atoms with Crippen LogP contribution in [-0.2, 0) is 0 Å². The third kappa shape index (κ3) is 3.18. The van der Waals surface area contributed by atoms with Crippen LogP contribution in [0, 0.1) is 0 Å². The van der Waals surface area contributed by atoms with Crippen molar-refractivity contribution in [2.75, 3.05) is 5.43 Å². The van der Waals surface area contributed by atoms with E-state index >= 15 is 0 Å². The molecule has 0 aliphatic carbocycles. The number of rotatable bonds is 3. The molecule has 0 amide bonds. The summed E-state index contributed by atoms with van der Waals surface area (Å²) in [6.07, 6.45) is 0. The summed E-state index contributed by atoms with van der Waals surface area (Å²) in [5.74, 6) is 0. The van der Waals surface area contributed by atoms with E-state index in [2.05, 4.69) is 15.5 Å². The van der Waals surface area contributed by atoms with Crippen molar-refractivity contribution >= 4 is 55.6 Å². The monoisotopic (exact) mass is 335 g/mol. The molecule has 106 valence electrons. The average Bonchev–Trinajstić information content (AvgIpc) is 2.87. The van der Waals surface area contributed by atoms with Crippen molar-refractivity contribution in [2.45, 2.75) is 6.92 Å². The molecule has 1 N–H and O–H groups in total. The Hall–Kier alpha value is -1.62. The molecule has 1 heterocycles. The van der Waals surface area contributed by atoms with Crippen molar-refractivity contribution in [1.82, 2.24) is 4.98 Å². The Kier molecular flexibility index (Phi) is 4.10. The van der Waals surface area contributed by atoms with E-state index in [1.54, 1.807) is 23.5 Å². The maximum Gasteiger partial charge on any atom is 0.204 e. The zero-order valence-electron chi connectivity index (χ0n) is 11.1. The van der Waals surface area contributed by atoms with E-state index in [9.17, 15) is 0 Å². The Morgan fingerprint density at radius 2 is 2.00 bits per heavy atom. The van der Waals surface area contributed by atoms with Gasteiger partial charge in [0.2, 0.25) is 5.13 Å². The van der Waals surface area contributed by atoms with E-state index in [-0.39, 0.29) is 0 Å². The quantitative estimate of drug-likeness (QED) is 0.511. The lowest BCUT2D eigenvalue weighted by molar-refractivity contribution is 1.29. The Morgan fingerprint density at radius 3 is 2.76 bits per heavy atom. The van der Waals surface area contributed by atoms with E-state index in [0.29, 0.717) is 10.0 Å². The first-order chi connectivity index (χ1) is 10.1. The number of thiazole rings is 1. The first-order valence-corrected chi connectivity index (χ1v) is 7.82. The number of hydrazone groups is 1. The largest absolute Gasteiger partial charge is 0.252 e. The molecule has 3 rings (SSSR count). The molecule has 3 aromatic rings. The molecule has 0 bridgehead atoms. The topological polar surface area (TPSA) is 37.3 Å². The molecule has 0 atom stereocenters. The lowest BCUT2D eigenvalue weighted by atomic mass is 10.1. The van der Waals surface area contributed by atoms with Gasteiger partial charge in [-0.15, -0.1) is 0 Å². The third-order valence-electron chi connectivity index (χ3n) is 2.93. The highest BCUT2D eigenvalue weighted by atomic mass is 35.5. The predicted octanol–water partition coefficient (Wildman–Crippen LogP) is 5.44. The second kappa shape index (κ2) is 6.02. The van der Waals surface area contributed by atoms with Crippen LogP contribution in [0.25, 0.3) is 10.2 Å². The molecule has 0 aliphatic heterocycles. The smallest absolute Gasteiger partial charge is 0.204 e. The number of aromatic nitrogens is 1. The van der Waals surface area contributed by atoms with E-state index in [0.717, 1.165) is 26.6 Å². The predicted molar refractivity (Wildman–Crippen MR) is 91.9 cm³/mol. The highest BCUT2D eigenvalue weighted by Crippen LogP contribution is 2.26. The molecule has 0 saturated carbocycles. The van der Waals surface area contributed by atoms with Gasteiger partial charge in [-0.25, -0.2) is 4.98 Å². The highest BCUT2D eigenvalue weighted by molar-refractivity contribution is 7.22. The molecular formula is C15H11Cl2N3S. The maximum absolute atomic E-state index is 6.16. The second-order valence-electron chi connectivity index (χ2n) is 4.42. The fraction of sp³-hybridized carbons (Fsp3) is 0.0667. The number of halogens is 2. The summed E-state index contributed by atoms with van der Waals surface area (Å²) in [6, 6.07) is 13.3. The van der Waals surface area contributed by atoms with Crippen LogP contribution in [0.2, 0.25) is 10.0 Å². The van der Waals surface area contributed by atoms with Gasteiger partial charge in [-0.2, -0.15) is 5.10 Å². The molecule has 0 saturated heterocycles. The zero-order valence-corrected chi connectivity index (χ0v) is 13.4. The molecule has 0 unspecified atom stereocenters. The van der Waals surface area contributed by atoms with Crippen molar-refractivity contribution < 1.29 is 0 Å². The fourth-order valence-electron chi connectivity index (χ4n) is 1.89. The fourth-order valence-corrected chi connectivity index (χ4v) is 3.25. The minimum absolute atomic E-state index is 0.579. The number of hydrogen-bond acceptors (Lipinski definition) is 4. The van der Waals surface area contributed by atoms with Gasteiger partial charge in [-0.1, -0.05) is 52.7 Å². The van der Waals surface area contributed by atoms with Gasteiger partial charge in [0.15, 0.2) is 0 Å². The highest BCUT2D eigenvalue weighted by Gasteiger charge is 2.06. The van der Waals surface area contributed by atoms with Gasteiger partial charge < -0.3 is 0 Å². The number of fused-ring (bicyclic) bond motifs is 1. The van der Waals surface area contributed by atoms with Gasteiger partial charge in [0, 0.05) is 10.6 Å². The molecule has 6 heteroatoms. The lowest BCUT2D eigenvalue weighted by Crippen LogP contribution is -2.00. The van der Waals surface area contributed by atoms with Gasteiger partial charge in [0.25, 0.3) is 0 Å². The SMILES string of the molecule is C/C(=N\Nc1nc2ccccc2s1)c1ccc(Cl)cc1Cl. The Labute approximate surface area is 136 Å². The summed E-state index contributed by atoms with van der Waals surface area (Å²) in [4.78, 5) is 4.46.